The van der Waals surface area contributed by atoms with Crippen LogP contribution in [0.5, 0.6) is 0 Å². The van der Waals surface area contributed by atoms with Gasteiger partial charge >= 0.3 is 5.97 Å². The lowest BCUT2D eigenvalue weighted by atomic mass is 9.53. The lowest BCUT2D eigenvalue weighted by molar-refractivity contribution is -0.153. The van der Waals surface area contributed by atoms with E-state index in [1.807, 2.05) is 0 Å². The van der Waals surface area contributed by atoms with Gasteiger partial charge in [0.2, 0.25) is 0 Å². The summed E-state index contributed by atoms with van der Waals surface area (Å²) in [5.74, 6) is 1.50. The summed E-state index contributed by atoms with van der Waals surface area (Å²) < 4.78 is 0. The van der Waals surface area contributed by atoms with Gasteiger partial charge in [-0.1, -0.05) is 0 Å². The first-order valence-electron chi connectivity index (χ1n) is 5.48. The zero-order valence-corrected chi connectivity index (χ0v) is 8.01. The summed E-state index contributed by atoms with van der Waals surface area (Å²) >= 11 is 0. The maximum absolute atomic E-state index is 11.8. The molecule has 0 radical (unpaired) electrons. The second-order valence-corrected chi connectivity index (χ2v) is 5.34. The van der Waals surface area contributed by atoms with Crippen LogP contribution < -0.4 is 5.48 Å². The number of allylic oxidation sites excluding steroid dienone is 1. The molecule has 5 rings (SSSR count). The van der Waals surface area contributed by atoms with Gasteiger partial charge in [0.15, 0.2) is 0 Å². The average molecular weight is 191 g/mol. The van der Waals surface area contributed by atoms with Gasteiger partial charge in [-0.15, -0.1) is 0 Å². The standard InChI is InChI=1S/C11H13NO2/c13-10-11-4-6-1-7(5-11)3-8(2-6)9(11)12-14-10/h6-7,12H,1-5H2. The van der Waals surface area contributed by atoms with E-state index in [2.05, 4.69) is 5.48 Å². The first-order valence-corrected chi connectivity index (χ1v) is 5.48. The maximum Gasteiger partial charge on any atom is 0.344 e. The highest BCUT2D eigenvalue weighted by molar-refractivity contribution is 5.84. The summed E-state index contributed by atoms with van der Waals surface area (Å²) in [7, 11) is 0. The first kappa shape index (κ1) is 7.32. The molecule has 0 aromatic rings. The Morgan fingerprint density at radius 1 is 1.29 bits per heavy atom. The van der Waals surface area contributed by atoms with Gasteiger partial charge in [-0.3, -0.25) is 0 Å². The number of hydrogen-bond donors (Lipinski definition) is 1. The molecule has 0 amide bonds. The molecule has 1 aliphatic heterocycles. The van der Waals surface area contributed by atoms with Crippen LogP contribution >= 0.6 is 0 Å². The van der Waals surface area contributed by atoms with E-state index in [1.165, 1.54) is 24.8 Å². The molecule has 1 saturated heterocycles. The van der Waals surface area contributed by atoms with E-state index in [4.69, 9.17) is 4.84 Å². The van der Waals surface area contributed by atoms with Crippen molar-refractivity contribution in [3.63, 3.8) is 0 Å². The number of hydroxylamine groups is 1. The quantitative estimate of drug-likeness (QED) is 0.630. The SMILES string of the molecule is O=C1ONC2=C3CC4CC(C3)CC12C4. The molecule has 0 aromatic carbocycles. The summed E-state index contributed by atoms with van der Waals surface area (Å²) in [6.45, 7) is 0. The fourth-order valence-electron chi connectivity index (χ4n) is 4.18. The Kier molecular flexibility index (Phi) is 1.04. The lowest BCUT2D eigenvalue weighted by Crippen LogP contribution is -2.45. The number of carbonyl (C=O) groups excluding carboxylic acids is 1. The zero-order chi connectivity index (χ0) is 9.34. The molecule has 74 valence electrons. The van der Waals surface area contributed by atoms with E-state index in [0.29, 0.717) is 0 Å². The van der Waals surface area contributed by atoms with Crippen molar-refractivity contribution in [1.29, 1.82) is 0 Å². The van der Waals surface area contributed by atoms with Crippen molar-refractivity contribution in [1.82, 2.24) is 5.48 Å². The molecule has 2 unspecified atom stereocenters. The Balaban J connectivity index is 1.97. The van der Waals surface area contributed by atoms with Crippen molar-refractivity contribution in [2.45, 2.75) is 32.1 Å². The van der Waals surface area contributed by atoms with Crippen LogP contribution in [-0.2, 0) is 9.63 Å². The molecule has 2 atom stereocenters. The molecule has 3 heteroatoms. The lowest BCUT2D eigenvalue weighted by Gasteiger charge is -2.49. The van der Waals surface area contributed by atoms with Gasteiger partial charge in [-0.05, 0) is 49.5 Å². The van der Waals surface area contributed by atoms with Crippen LogP contribution in [0.3, 0.4) is 0 Å². The van der Waals surface area contributed by atoms with Crippen molar-refractivity contribution < 1.29 is 9.63 Å². The third-order valence-corrected chi connectivity index (χ3v) is 4.48. The van der Waals surface area contributed by atoms with Crippen molar-refractivity contribution in [2.75, 3.05) is 0 Å². The highest BCUT2D eigenvalue weighted by atomic mass is 16.7. The normalized spacial score (nSPS) is 47.9. The molecule has 1 spiro atoms. The molecular formula is C11H13NO2. The highest BCUT2D eigenvalue weighted by Gasteiger charge is 2.60. The van der Waals surface area contributed by atoms with Gasteiger partial charge in [-0.25, -0.2) is 10.3 Å². The summed E-state index contributed by atoms with van der Waals surface area (Å²) in [5.41, 5.74) is 5.28. The maximum atomic E-state index is 11.8. The minimum atomic E-state index is -0.223. The minimum Gasteiger partial charge on any atom is -0.343 e. The van der Waals surface area contributed by atoms with Crippen LogP contribution in [0.1, 0.15) is 32.1 Å². The molecule has 3 fully saturated rings. The second-order valence-electron chi connectivity index (χ2n) is 5.34. The van der Waals surface area contributed by atoms with Crippen molar-refractivity contribution in [2.24, 2.45) is 17.3 Å². The fourth-order valence-corrected chi connectivity index (χ4v) is 4.18. The fraction of sp³-hybridized carbons (Fsp3) is 0.727. The molecular weight excluding hydrogens is 178 g/mol. The number of carbonyl (C=O) groups is 1. The first-order chi connectivity index (χ1) is 6.78. The third kappa shape index (κ3) is 0.625. The van der Waals surface area contributed by atoms with Crippen LogP contribution in [0, 0.1) is 17.3 Å². The summed E-state index contributed by atoms with van der Waals surface area (Å²) in [4.78, 5) is 16.8. The van der Waals surface area contributed by atoms with E-state index in [1.54, 1.807) is 0 Å². The number of rotatable bonds is 0. The molecule has 0 aromatic heterocycles. The van der Waals surface area contributed by atoms with Crippen LogP contribution in [0.4, 0.5) is 0 Å². The van der Waals surface area contributed by atoms with E-state index < -0.39 is 0 Å². The van der Waals surface area contributed by atoms with Crippen molar-refractivity contribution in [3.8, 4) is 0 Å². The van der Waals surface area contributed by atoms with E-state index in [-0.39, 0.29) is 11.4 Å². The average Bonchev–Trinajstić information content (AvgIpc) is 2.43. The van der Waals surface area contributed by atoms with E-state index in [9.17, 15) is 4.79 Å². The van der Waals surface area contributed by atoms with Gasteiger partial charge in [0.1, 0.15) is 5.41 Å². The molecule has 1 N–H and O–H groups in total. The molecule has 4 aliphatic carbocycles. The largest absolute Gasteiger partial charge is 0.344 e. The molecule has 1 heterocycles. The Labute approximate surface area is 82.5 Å². The van der Waals surface area contributed by atoms with E-state index in [0.717, 1.165) is 30.4 Å². The predicted octanol–water partition coefficient (Wildman–Crippen LogP) is 1.51. The van der Waals surface area contributed by atoms with Gasteiger partial charge in [0.05, 0.1) is 5.70 Å². The Bertz CT molecular complexity index is 355. The molecule has 5 aliphatic rings. The Morgan fingerprint density at radius 3 is 2.71 bits per heavy atom. The predicted molar refractivity (Wildman–Crippen MR) is 48.8 cm³/mol. The van der Waals surface area contributed by atoms with Gasteiger partial charge < -0.3 is 4.84 Å². The van der Waals surface area contributed by atoms with Crippen LogP contribution in [0.15, 0.2) is 11.3 Å². The Hall–Kier alpha value is -0.990. The van der Waals surface area contributed by atoms with Crippen molar-refractivity contribution in [3.05, 3.63) is 11.3 Å². The van der Waals surface area contributed by atoms with Gasteiger partial charge in [0, 0.05) is 0 Å². The molecule has 4 bridgehead atoms. The molecule has 3 nitrogen and oxygen atoms in total. The van der Waals surface area contributed by atoms with Crippen molar-refractivity contribution >= 4 is 5.97 Å². The smallest absolute Gasteiger partial charge is 0.343 e. The van der Waals surface area contributed by atoms with Crippen LogP contribution in [-0.4, -0.2) is 5.97 Å². The molecule has 2 saturated carbocycles. The summed E-state index contributed by atoms with van der Waals surface area (Å²) in [6.07, 6.45) is 5.82. The zero-order valence-electron chi connectivity index (χ0n) is 8.01. The third-order valence-electron chi connectivity index (χ3n) is 4.48. The highest BCUT2D eigenvalue weighted by Crippen LogP contribution is 2.61. The van der Waals surface area contributed by atoms with Crippen LogP contribution in [0.2, 0.25) is 0 Å². The minimum absolute atomic E-state index is 0.0147. The monoisotopic (exact) mass is 191 g/mol. The second kappa shape index (κ2) is 2.00. The summed E-state index contributed by atoms with van der Waals surface area (Å²) in [5, 5.41) is 0. The van der Waals surface area contributed by atoms with Crippen LogP contribution in [0.25, 0.3) is 0 Å². The van der Waals surface area contributed by atoms with E-state index >= 15 is 0 Å². The summed E-state index contributed by atoms with van der Waals surface area (Å²) in [6, 6.07) is 0. The topological polar surface area (TPSA) is 38.3 Å². The van der Waals surface area contributed by atoms with Gasteiger partial charge in [-0.2, -0.15) is 0 Å². The Morgan fingerprint density at radius 2 is 2.00 bits per heavy atom. The number of hydrogen-bond acceptors (Lipinski definition) is 3. The molecule has 14 heavy (non-hydrogen) atoms. The number of nitrogens with one attached hydrogen (secondary N) is 1. The van der Waals surface area contributed by atoms with Gasteiger partial charge in [0.25, 0.3) is 0 Å².